The molecule has 1 fully saturated rings. The fraction of sp³-hybridized carbons (Fsp3) is 0.571. The highest BCUT2D eigenvalue weighted by molar-refractivity contribution is 6.30. The molecule has 0 aromatic heterocycles. The second-order valence-electron chi connectivity index (χ2n) is 5.09. The summed E-state index contributed by atoms with van der Waals surface area (Å²) in [6, 6.07) is 5.21. The average molecular weight is 298 g/mol. The lowest BCUT2D eigenvalue weighted by atomic mass is 10.0. The lowest BCUT2D eigenvalue weighted by Crippen LogP contribution is -2.45. The number of nitro benzene ring substituents is 1. The number of likely N-dealkylation sites (N-methyl/N-ethyl adjacent to an activating group) is 1. The van der Waals surface area contributed by atoms with Gasteiger partial charge in [-0.05, 0) is 38.1 Å². The van der Waals surface area contributed by atoms with Gasteiger partial charge in [0.1, 0.15) is 0 Å². The minimum absolute atomic E-state index is 0.150. The highest BCUT2D eigenvalue weighted by Gasteiger charge is 2.23. The zero-order chi connectivity index (χ0) is 14.5. The Kier molecular flexibility index (Phi) is 5.34. The summed E-state index contributed by atoms with van der Waals surface area (Å²) in [6.45, 7) is 5.54. The van der Waals surface area contributed by atoms with E-state index in [2.05, 4.69) is 17.1 Å². The predicted octanol–water partition coefficient (Wildman–Crippen LogP) is 2.82. The largest absolute Gasteiger partial charge is 0.315 e. The molecule has 0 saturated carbocycles. The Morgan fingerprint density at radius 1 is 1.55 bits per heavy atom. The Balaban J connectivity index is 2.17. The molecule has 0 spiro atoms. The van der Waals surface area contributed by atoms with Gasteiger partial charge in [0.15, 0.2) is 0 Å². The number of rotatable bonds is 5. The molecule has 1 unspecified atom stereocenters. The van der Waals surface area contributed by atoms with Crippen molar-refractivity contribution in [2.75, 3.05) is 19.6 Å². The zero-order valence-corrected chi connectivity index (χ0v) is 12.4. The van der Waals surface area contributed by atoms with Gasteiger partial charge in [-0.3, -0.25) is 15.0 Å². The molecule has 0 radical (unpaired) electrons. The molecular weight excluding hydrogens is 278 g/mol. The third kappa shape index (κ3) is 3.69. The molecule has 5 nitrogen and oxygen atoms in total. The van der Waals surface area contributed by atoms with Crippen LogP contribution in [0.2, 0.25) is 5.02 Å². The molecule has 1 aliphatic rings. The SMILES string of the molecule is CCN(Cc1cc(Cl)ccc1[N+](=O)[O-])C1CCCNC1. The third-order valence-electron chi connectivity index (χ3n) is 3.81. The summed E-state index contributed by atoms with van der Waals surface area (Å²) in [5.74, 6) is 0. The maximum absolute atomic E-state index is 11.1. The van der Waals surface area contributed by atoms with Crippen molar-refractivity contribution in [3.8, 4) is 0 Å². The van der Waals surface area contributed by atoms with E-state index >= 15 is 0 Å². The number of nitrogens with zero attached hydrogens (tertiary/aromatic N) is 2. The first-order valence-corrected chi connectivity index (χ1v) is 7.37. The molecule has 2 rings (SSSR count). The normalized spacial score (nSPS) is 19.2. The van der Waals surface area contributed by atoms with Crippen LogP contribution in [0.5, 0.6) is 0 Å². The number of nitrogens with one attached hydrogen (secondary N) is 1. The number of benzene rings is 1. The maximum atomic E-state index is 11.1. The lowest BCUT2D eigenvalue weighted by molar-refractivity contribution is -0.385. The van der Waals surface area contributed by atoms with Gasteiger partial charge in [0, 0.05) is 35.8 Å². The van der Waals surface area contributed by atoms with Crippen molar-refractivity contribution < 1.29 is 4.92 Å². The van der Waals surface area contributed by atoms with Crippen molar-refractivity contribution in [1.29, 1.82) is 0 Å². The zero-order valence-electron chi connectivity index (χ0n) is 11.6. The Labute approximate surface area is 124 Å². The van der Waals surface area contributed by atoms with Crippen molar-refractivity contribution in [2.24, 2.45) is 0 Å². The first kappa shape index (κ1) is 15.2. The highest BCUT2D eigenvalue weighted by atomic mass is 35.5. The van der Waals surface area contributed by atoms with Gasteiger partial charge in [0.2, 0.25) is 0 Å². The number of nitro groups is 1. The minimum Gasteiger partial charge on any atom is -0.315 e. The summed E-state index contributed by atoms with van der Waals surface area (Å²) in [5, 5.41) is 15.0. The van der Waals surface area contributed by atoms with Crippen molar-refractivity contribution in [3.63, 3.8) is 0 Å². The van der Waals surface area contributed by atoms with Crippen LogP contribution in [0.15, 0.2) is 18.2 Å². The van der Waals surface area contributed by atoms with Crippen LogP contribution in [0.4, 0.5) is 5.69 Å². The van der Waals surface area contributed by atoms with Crippen molar-refractivity contribution >= 4 is 17.3 Å². The molecule has 0 aliphatic carbocycles. The number of piperidine rings is 1. The molecule has 1 N–H and O–H groups in total. The van der Waals surface area contributed by atoms with E-state index in [1.54, 1.807) is 12.1 Å². The van der Waals surface area contributed by atoms with Gasteiger partial charge in [0.25, 0.3) is 5.69 Å². The Morgan fingerprint density at radius 3 is 2.95 bits per heavy atom. The lowest BCUT2D eigenvalue weighted by Gasteiger charge is -2.33. The molecule has 110 valence electrons. The summed E-state index contributed by atoms with van der Waals surface area (Å²) in [6.07, 6.45) is 2.29. The van der Waals surface area contributed by atoms with E-state index in [1.807, 2.05) is 0 Å². The molecule has 0 amide bonds. The van der Waals surface area contributed by atoms with Crippen LogP contribution in [-0.4, -0.2) is 35.5 Å². The van der Waals surface area contributed by atoms with Gasteiger partial charge in [-0.1, -0.05) is 18.5 Å². The molecule has 0 bridgehead atoms. The Bertz CT molecular complexity index is 475. The van der Waals surface area contributed by atoms with Crippen LogP contribution < -0.4 is 5.32 Å². The molecule has 1 heterocycles. The van der Waals surface area contributed by atoms with Crippen molar-refractivity contribution in [3.05, 3.63) is 38.9 Å². The van der Waals surface area contributed by atoms with E-state index in [1.165, 1.54) is 6.07 Å². The van der Waals surface area contributed by atoms with E-state index in [9.17, 15) is 10.1 Å². The summed E-state index contributed by atoms with van der Waals surface area (Å²) in [5.41, 5.74) is 0.839. The second kappa shape index (κ2) is 7.02. The Hall–Kier alpha value is -1.17. The van der Waals surface area contributed by atoms with E-state index in [0.29, 0.717) is 23.2 Å². The standard InChI is InChI=1S/C14H20ClN3O2/c1-2-17(13-4-3-7-16-9-13)10-11-8-12(15)5-6-14(11)18(19)20/h5-6,8,13,16H,2-4,7,9-10H2,1H3. The molecule has 20 heavy (non-hydrogen) atoms. The predicted molar refractivity (Wildman–Crippen MR) is 80.1 cm³/mol. The fourth-order valence-corrected chi connectivity index (χ4v) is 2.92. The molecule has 1 aromatic rings. The van der Waals surface area contributed by atoms with Gasteiger partial charge < -0.3 is 5.32 Å². The first-order chi connectivity index (χ1) is 9.61. The number of halogens is 1. The number of hydrogen-bond donors (Lipinski definition) is 1. The van der Waals surface area contributed by atoms with Gasteiger partial charge in [0.05, 0.1) is 4.92 Å². The summed E-state index contributed by atoms with van der Waals surface area (Å²) in [4.78, 5) is 13.1. The van der Waals surface area contributed by atoms with Gasteiger partial charge in [-0.2, -0.15) is 0 Å². The van der Waals surface area contributed by atoms with Gasteiger partial charge in [-0.15, -0.1) is 0 Å². The summed E-state index contributed by atoms with van der Waals surface area (Å²) < 4.78 is 0. The van der Waals surface area contributed by atoms with Crippen molar-refractivity contribution in [2.45, 2.75) is 32.4 Å². The molecule has 6 heteroatoms. The maximum Gasteiger partial charge on any atom is 0.273 e. The molecule has 1 atom stereocenters. The molecule has 1 aliphatic heterocycles. The van der Waals surface area contributed by atoms with E-state index in [4.69, 9.17) is 11.6 Å². The quantitative estimate of drug-likeness (QED) is 0.671. The van der Waals surface area contributed by atoms with Crippen molar-refractivity contribution in [1.82, 2.24) is 10.2 Å². The average Bonchev–Trinajstić information content (AvgIpc) is 2.45. The highest BCUT2D eigenvalue weighted by Crippen LogP contribution is 2.25. The number of hydrogen-bond acceptors (Lipinski definition) is 4. The Morgan fingerprint density at radius 2 is 2.35 bits per heavy atom. The third-order valence-corrected chi connectivity index (χ3v) is 4.04. The van der Waals surface area contributed by atoms with Gasteiger partial charge in [-0.25, -0.2) is 0 Å². The molecule has 1 aromatic carbocycles. The van der Waals surface area contributed by atoms with Crippen LogP contribution in [0.1, 0.15) is 25.3 Å². The topological polar surface area (TPSA) is 58.4 Å². The van der Waals surface area contributed by atoms with E-state index in [0.717, 1.165) is 32.5 Å². The van der Waals surface area contributed by atoms with E-state index in [-0.39, 0.29) is 10.6 Å². The fourth-order valence-electron chi connectivity index (χ4n) is 2.72. The monoisotopic (exact) mass is 297 g/mol. The van der Waals surface area contributed by atoms with Crippen LogP contribution >= 0.6 is 11.6 Å². The summed E-state index contributed by atoms with van der Waals surface area (Å²) in [7, 11) is 0. The second-order valence-corrected chi connectivity index (χ2v) is 5.53. The first-order valence-electron chi connectivity index (χ1n) is 6.99. The van der Waals surface area contributed by atoms with E-state index < -0.39 is 0 Å². The smallest absolute Gasteiger partial charge is 0.273 e. The molecule has 1 saturated heterocycles. The van der Waals surface area contributed by atoms with Crippen LogP contribution in [-0.2, 0) is 6.54 Å². The minimum atomic E-state index is -0.335. The van der Waals surface area contributed by atoms with Crippen LogP contribution in [0, 0.1) is 10.1 Å². The molecular formula is C14H20ClN3O2. The van der Waals surface area contributed by atoms with Crippen LogP contribution in [0.25, 0.3) is 0 Å². The summed E-state index contributed by atoms with van der Waals surface area (Å²) >= 11 is 5.98. The van der Waals surface area contributed by atoms with Crippen LogP contribution in [0.3, 0.4) is 0 Å². The van der Waals surface area contributed by atoms with Gasteiger partial charge >= 0.3 is 0 Å².